The summed E-state index contributed by atoms with van der Waals surface area (Å²) in [4.78, 5) is 22.9. The van der Waals surface area contributed by atoms with Crippen LogP contribution in [0.15, 0.2) is 12.2 Å². The van der Waals surface area contributed by atoms with Crippen molar-refractivity contribution in [2.45, 2.75) is 39.2 Å². The molecule has 10 heteroatoms. The van der Waals surface area contributed by atoms with Crippen molar-refractivity contribution in [2.24, 2.45) is 5.41 Å². The minimum Gasteiger partial charge on any atom is -0.454 e. The molecule has 4 nitrogen and oxygen atoms in total. The number of carbonyl (C=O) groups excluding carboxylic acids is 2. The summed E-state index contributed by atoms with van der Waals surface area (Å²) in [6, 6.07) is 0. The van der Waals surface area contributed by atoms with E-state index >= 15 is 0 Å². The molecule has 0 N–H and O–H groups in total. The molecule has 0 bridgehead atoms. The first-order valence-corrected chi connectivity index (χ1v) is 6.20. The average molecular weight is 350 g/mol. The van der Waals surface area contributed by atoms with E-state index in [0.717, 1.165) is 13.8 Å². The Bertz CT molecular complexity index is 450. The van der Waals surface area contributed by atoms with Crippen molar-refractivity contribution >= 4 is 11.8 Å². The van der Waals surface area contributed by atoms with Crippen molar-refractivity contribution in [3.05, 3.63) is 12.2 Å². The van der Waals surface area contributed by atoms with Crippen LogP contribution in [-0.2, 0) is 19.1 Å². The molecule has 0 aliphatic heterocycles. The van der Waals surface area contributed by atoms with E-state index in [9.17, 15) is 35.9 Å². The van der Waals surface area contributed by atoms with Gasteiger partial charge in [-0.3, -0.25) is 4.79 Å². The number of Topliss-reactive ketones (excluding diaryl/α,β-unsaturated/α-hetero) is 1. The predicted molar refractivity (Wildman–Crippen MR) is 66.4 cm³/mol. The summed E-state index contributed by atoms with van der Waals surface area (Å²) in [6.45, 7) is 4.74. The number of esters is 1. The summed E-state index contributed by atoms with van der Waals surface area (Å²) < 4.78 is 82.3. The quantitative estimate of drug-likeness (QED) is 0.402. The molecular weight excluding hydrogens is 334 g/mol. The normalized spacial score (nSPS) is 13.1. The minimum atomic E-state index is -5.66. The zero-order chi connectivity index (χ0) is 18.6. The van der Waals surface area contributed by atoms with E-state index in [1.165, 1.54) is 6.92 Å². The maximum absolute atomic E-state index is 12.3. The maximum atomic E-state index is 12.3. The molecule has 0 heterocycles. The Kier molecular flexibility index (Phi) is 6.82. The highest BCUT2D eigenvalue weighted by Crippen LogP contribution is 2.36. The molecule has 0 aromatic rings. The van der Waals surface area contributed by atoms with Crippen molar-refractivity contribution < 1.29 is 45.4 Å². The van der Waals surface area contributed by atoms with Crippen molar-refractivity contribution in [2.75, 3.05) is 13.2 Å². The Morgan fingerprint density at radius 3 is 1.83 bits per heavy atom. The van der Waals surface area contributed by atoms with Gasteiger partial charge in [0.2, 0.25) is 6.10 Å². The van der Waals surface area contributed by atoms with Crippen LogP contribution in [0.4, 0.5) is 26.3 Å². The first-order chi connectivity index (χ1) is 10.1. The fraction of sp³-hybridized carbons (Fsp3) is 0.692. The number of hydrogen-bond acceptors (Lipinski definition) is 4. The number of hydrogen-bond donors (Lipinski definition) is 0. The fourth-order valence-corrected chi connectivity index (χ4v) is 1.20. The Labute approximate surface area is 128 Å². The maximum Gasteiger partial charge on any atom is 0.423 e. The highest BCUT2D eigenvalue weighted by atomic mass is 19.4. The van der Waals surface area contributed by atoms with E-state index in [2.05, 4.69) is 16.1 Å². The Morgan fingerprint density at radius 2 is 1.48 bits per heavy atom. The molecule has 0 atom stereocenters. The molecule has 23 heavy (non-hydrogen) atoms. The second-order valence-corrected chi connectivity index (χ2v) is 5.44. The Balaban J connectivity index is 4.81. The molecule has 0 amide bonds. The molecule has 0 aliphatic rings. The first-order valence-electron chi connectivity index (χ1n) is 6.20. The van der Waals surface area contributed by atoms with Gasteiger partial charge in [0.25, 0.3) is 0 Å². The largest absolute Gasteiger partial charge is 0.454 e. The number of ether oxygens (including phenoxy) is 2. The number of carbonyl (C=O) groups is 2. The number of rotatable bonds is 7. The van der Waals surface area contributed by atoms with Gasteiger partial charge in [-0.05, 0) is 6.92 Å². The van der Waals surface area contributed by atoms with Crippen molar-refractivity contribution in [1.82, 2.24) is 0 Å². The second-order valence-electron chi connectivity index (χ2n) is 5.44. The molecule has 0 saturated heterocycles. The van der Waals surface area contributed by atoms with Gasteiger partial charge in [-0.2, -0.15) is 26.3 Å². The van der Waals surface area contributed by atoms with E-state index in [4.69, 9.17) is 0 Å². The number of ketones is 1. The molecule has 0 fully saturated rings. The van der Waals surface area contributed by atoms with Crippen molar-refractivity contribution in [3.63, 3.8) is 0 Å². The van der Waals surface area contributed by atoms with Gasteiger partial charge in [0.1, 0.15) is 0 Å². The topological polar surface area (TPSA) is 52.6 Å². The van der Waals surface area contributed by atoms with Crippen LogP contribution in [-0.4, -0.2) is 43.4 Å². The second kappa shape index (κ2) is 7.33. The van der Waals surface area contributed by atoms with E-state index in [0.29, 0.717) is 0 Å². The van der Waals surface area contributed by atoms with E-state index < -0.39 is 48.8 Å². The monoisotopic (exact) mass is 350 g/mol. The molecule has 0 radical (unpaired) electrons. The zero-order valence-electron chi connectivity index (χ0n) is 12.6. The molecule has 0 unspecified atom stereocenters. The highest BCUT2D eigenvalue weighted by Gasteiger charge is 2.58. The van der Waals surface area contributed by atoms with Gasteiger partial charge in [-0.25, -0.2) is 4.79 Å². The lowest BCUT2D eigenvalue weighted by molar-refractivity contribution is -0.324. The van der Waals surface area contributed by atoms with Gasteiger partial charge in [0.05, 0.1) is 12.0 Å². The highest BCUT2D eigenvalue weighted by molar-refractivity contribution is 5.91. The third kappa shape index (κ3) is 7.02. The Hall–Kier alpha value is -1.58. The van der Waals surface area contributed by atoms with E-state index in [-0.39, 0.29) is 5.57 Å². The summed E-state index contributed by atoms with van der Waals surface area (Å²) in [5, 5.41) is 0. The molecular formula is C13H16F6O4. The molecule has 0 spiro atoms. The molecule has 0 aromatic carbocycles. The summed E-state index contributed by atoms with van der Waals surface area (Å²) in [7, 11) is 0. The van der Waals surface area contributed by atoms with E-state index in [1.54, 1.807) is 0 Å². The van der Waals surface area contributed by atoms with Crippen LogP contribution in [0.3, 0.4) is 0 Å². The van der Waals surface area contributed by atoms with Crippen LogP contribution < -0.4 is 0 Å². The van der Waals surface area contributed by atoms with Crippen molar-refractivity contribution in [1.29, 1.82) is 0 Å². The van der Waals surface area contributed by atoms with Crippen LogP contribution in [0, 0.1) is 5.41 Å². The van der Waals surface area contributed by atoms with Gasteiger partial charge in [-0.1, -0.05) is 20.4 Å². The minimum absolute atomic E-state index is 0.0129. The molecule has 134 valence electrons. The SMILES string of the molecule is C=C(C)C(=O)OCC(=O)C(C)(C)COC(C(F)(F)F)C(F)(F)F. The molecule has 0 rings (SSSR count). The fourth-order valence-electron chi connectivity index (χ4n) is 1.20. The van der Waals surface area contributed by atoms with Crippen molar-refractivity contribution in [3.8, 4) is 0 Å². The van der Waals surface area contributed by atoms with Gasteiger partial charge < -0.3 is 9.47 Å². The van der Waals surface area contributed by atoms with Gasteiger partial charge >= 0.3 is 18.3 Å². The third-order valence-electron chi connectivity index (χ3n) is 2.64. The first kappa shape index (κ1) is 21.4. The van der Waals surface area contributed by atoms with Gasteiger partial charge in [0, 0.05) is 5.57 Å². The smallest absolute Gasteiger partial charge is 0.423 e. The van der Waals surface area contributed by atoms with Crippen LogP contribution in [0.5, 0.6) is 0 Å². The third-order valence-corrected chi connectivity index (χ3v) is 2.64. The standard InChI is InChI=1S/C13H16F6O4/c1-7(2)9(21)22-5-8(20)11(3,4)6-23-10(12(14,15)16)13(17,18)19/h10H,1,5-6H2,2-4H3. The van der Waals surface area contributed by atoms with Gasteiger partial charge in [-0.15, -0.1) is 0 Å². The van der Waals surface area contributed by atoms with Crippen LogP contribution in [0.1, 0.15) is 20.8 Å². The summed E-state index contributed by atoms with van der Waals surface area (Å²) in [5.41, 5.74) is -1.73. The molecule has 0 saturated carbocycles. The molecule has 0 aromatic heterocycles. The van der Waals surface area contributed by atoms with Crippen LogP contribution >= 0.6 is 0 Å². The van der Waals surface area contributed by atoms with Crippen LogP contribution in [0.25, 0.3) is 0 Å². The lowest BCUT2D eigenvalue weighted by Gasteiger charge is -2.28. The molecule has 0 aliphatic carbocycles. The van der Waals surface area contributed by atoms with Gasteiger partial charge in [0.15, 0.2) is 12.4 Å². The number of alkyl halides is 6. The number of halogens is 6. The predicted octanol–water partition coefficient (Wildman–Crippen LogP) is 3.21. The average Bonchev–Trinajstić information content (AvgIpc) is 2.31. The van der Waals surface area contributed by atoms with Crippen LogP contribution in [0.2, 0.25) is 0 Å². The lowest BCUT2D eigenvalue weighted by Crippen LogP contribution is -2.47. The zero-order valence-corrected chi connectivity index (χ0v) is 12.6. The summed E-state index contributed by atoms with van der Waals surface area (Å²) >= 11 is 0. The summed E-state index contributed by atoms with van der Waals surface area (Å²) in [6.07, 6.45) is -15.3. The van der Waals surface area contributed by atoms with E-state index in [1.807, 2.05) is 0 Å². The summed E-state index contributed by atoms with van der Waals surface area (Å²) in [5.74, 6) is -1.80. The lowest BCUT2D eigenvalue weighted by atomic mass is 9.89. The Morgan fingerprint density at radius 1 is 1.04 bits per heavy atom.